The van der Waals surface area contributed by atoms with Crippen LogP contribution < -0.4 is 16.2 Å². The summed E-state index contributed by atoms with van der Waals surface area (Å²) in [5.74, 6) is 0. The molecule has 0 aliphatic rings. The Morgan fingerprint density at radius 1 is 0.650 bits per heavy atom. The molecule has 2 aromatic carbocycles. The van der Waals surface area contributed by atoms with Gasteiger partial charge in [0.1, 0.15) is 0 Å². The Balaban J connectivity index is 2.27. The highest BCUT2D eigenvalue weighted by Crippen LogP contribution is 2.40. The number of benzene rings is 2. The standard InChI is InChI=1S/C16H13N2OP/c19-20(14-8-3-1-4-9-14,15-10-5-2-6-11-15)16-17-12-7-13-18-16/h1-13H. The van der Waals surface area contributed by atoms with Crippen LogP contribution in [0, 0.1) is 0 Å². The van der Waals surface area contributed by atoms with Gasteiger partial charge in [-0.05, 0) is 6.07 Å². The molecule has 0 N–H and O–H groups in total. The summed E-state index contributed by atoms with van der Waals surface area (Å²) < 4.78 is 13.7. The molecule has 1 aromatic heterocycles. The summed E-state index contributed by atoms with van der Waals surface area (Å²) >= 11 is 0. The average molecular weight is 280 g/mol. The van der Waals surface area contributed by atoms with E-state index in [0.717, 1.165) is 10.6 Å². The highest BCUT2D eigenvalue weighted by Gasteiger charge is 2.32. The van der Waals surface area contributed by atoms with Gasteiger partial charge in [0.15, 0.2) is 5.57 Å². The van der Waals surface area contributed by atoms with Gasteiger partial charge in [0.05, 0.1) is 0 Å². The van der Waals surface area contributed by atoms with E-state index in [2.05, 4.69) is 9.97 Å². The van der Waals surface area contributed by atoms with Crippen LogP contribution in [0.25, 0.3) is 0 Å². The zero-order valence-electron chi connectivity index (χ0n) is 10.8. The third-order valence-corrected chi connectivity index (χ3v) is 5.92. The Kier molecular flexibility index (Phi) is 3.44. The highest BCUT2D eigenvalue weighted by molar-refractivity contribution is 7.84. The normalized spacial score (nSPS) is 11.2. The molecule has 3 rings (SSSR count). The largest absolute Gasteiger partial charge is 0.305 e. The van der Waals surface area contributed by atoms with Crippen molar-refractivity contribution in [3.05, 3.63) is 79.1 Å². The van der Waals surface area contributed by atoms with E-state index in [0.29, 0.717) is 5.57 Å². The van der Waals surface area contributed by atoms with Crippen LogP contribution in [0.5, 0.6) is 0 Å². The topological polar surface area (TPSA) is 42.9 Å². The minimum absolute atomic E-state index is 0.373. The minimum atomic E-state index is -3.00. The second-order valence-corrected chi connectivity index (χ2v) is 6.98. The molecular weight excluding hydrogens is 267 g/mol. The van der Waals surface area contributed by atoms with E-state index in [1.807, 2.05) is 60.7 Å². The van der Waals surface area contributed by atoms with E-state index in [1.165, 1.54) is 0 Å². The Labute approximate surface area is 117 Å². The molecule has 0 amide bonds. The van der Waals surface area contributed by atoms with Crippen molar-refractivity contribution in [1.29, 1.82) is 0 Å². The van der Waals surface area contributed by atoms with Gasteiger partial charge in [-0.15, -0.1) is 0 Å². The van der Waals surface area contributed by atoms with Gasteiger partial charge in [0.25, 0.3) is 0 Å². The molecular formula is C16H13N2OP. The molecule has 4 heteroatoms. The summed E-state index contributed by atoms with van der Waals surface area (Å²) in [4.78, 5) is 8.46. The summed E-state index contributed by atoms with van der Waals surface area (Å²) in [5.41, 5.74) is 0.373. The van der Waals surface area contributed by atoms with E-state index in [-0.39, 0.29) is 0 Å². The molecule has 0 aliphatic heterocycles. The number of nitrogens with zero attached hydrogens (tertiary/aromatic N) is 2. The van der Waals surface area contributed by atoms with Crippen LogP contribution in [0.3, 0.4) is 0 Å². The molecule has 98 valence electrons. The zero-order chi connectivity index (χ0) is 13.8. The fraction of sp³-hybridized carbons (Fsp3) is 0. The maximum Gasteiger partial charge on any atom is 0.206 e. The molecule has 0 saturated carbocycles. The van der Waals surface area contributed by atoms with Gasteiger partial charge < -0.3 is 4.57 Å². The lowest BCUT2D eigenvalue weighted by atomic mass is 10.4. The van der Waals surface area contributed by atoms with E-state index in [4.69, 9.17) is 0 Å². The van der Waals surface area contributed by atoms with Crippen molar-refractivity contribution < 1.29 is 4.57 Å². The molecule has 0 spiro atoms. The molecule has 0 unspecified atom stereocenters. The summed E-state index contributed by atoms with van der Waals surface area (Å²) in [7, 11) is -3.00. The van der Waals surface area contributed by atoms with Crippen LogP contribution in [0.2, 0.25) is 0 Å². The monoisotopic (exact) mass is 280 g/mol. The van der Waals surface area contributed by atoms with Gasteiger partial charge in [-0.3, -0.25) is 0 Å². The van der Waals surface area contributed by atoms with Crippen molar-refractivity contribution in [1.82, 2.24) is 9.97 Å². The van der Waals surface area contributed by atoms with Gasteiger partial charge >= 0.3 is 0 Å². The molecule has 3 aromatic rings. The summed E-state index contributed by atoms with van der Waals surface area (Å²) in [5, 5.41) is 1.50. The Hall–Kier alpha value is -2.25. The van der Waals surface area contributed by atoms with Crippen molar-refractivity contribution >= 4 is 23.3 Å². The van der Waals surface area contributed by atoms with Crippen LogP contribution in [0.4, 0.5) is 0 Å². The van der Waals surface area contributed by atoms with Crippen LogP contribution in [-0.4, -0.2) is 9.97 Å². The van der Waals surface area contributed by atoms with Gasteiger partial charge in [-0.1, -0.05) is 60.7 Å². The van der Waals surface area contributed by atoms with Crippen molar-refractivity contribution in [2.45, 2.75) is 0 Å². The lowest BCUT2D eigenvalue weighted by molar-refractivity contribution is 0.591. The molecule has 1 heterocycles. The fourth-order valence-corrected chi connectivity index (χ4v) is 4.51. The second kappa shape index (κ2) is 5.40. The predicted octanol–water partition coefficient (Wildman–Crippen LogP) is 2.12. The zero-order valence-corrected chi connectivity index (χ0v) is 11.6. The third kappa shape index (κ3) is 2.17. The predicted molar refractivity (Wildman–Crippen MR) is 81.4 cm³/mol. The summed E-state index contributed by atoms with van der Waals surface area (Å²) in [6, 6.07) is 20.5. The molecule has 0 bridgehead atoms. The fourth-order valence-electron chi connectivity index (χ4n) is 2.11. The lowest BCUT2D eigenvalue weighted by Crippen LogP contribution is -2.28. The molecule has 0 fully saturated rings. The first-order valence-electron chi connectivity index (χ1n) is 6.31. The smallest absolute Gasteiger partial charge is 0.206 e. The third-order valence-electron chi connectivity index (χ3n) is 3.07. The Morgan fingerprint density at radius 3 is 1.55 bits per heavy atom. The van der Waals surface area contributed by atoms with E-state index in [1.54, 1.807) is 18.5 Å². The van der Waals surface area contributed by atoms with Gasteiger partial charge in [-0.25, -0.2) is 9.97 Å². The van der Waals surface area contributed by atoms with Crippen molar-refractivity contribution in [3.8, 4) is 0 Å². The second-order valence-electron chi connectivity index (χ2n) is 4.33. The SMILES string of the molecule is O=P(c1ccccc1)(c1ccccc1)c1ncccn1. The highest BCUT2D eigenvalue weighted by atomic mass is 31.2. The van der Waals surface area contributed by atoms with E-state index >= 15 is 0 Å². The quantitative estimate of drug-likeness (QED) is 0.690. The van der Waals surface area contributed by atoms with Crippen LogP contribution in [0.15, 0.2) is 79.1 Å². The molecule has 20 heavy (non-hydrogen) atoms. The van der Waals surface area contributed by atoms with E-state index in [9.17, 15) is 4.57 Å². The summed E-state index contributed by atoms with van der Waals surface area (Å²) in [6.07, 6.45) is 3.25. The van der Waals surface area contributed by atoms with Crippen LogP contribution >= 0.6 is 7.14 Å². The number of hydrogen-bond acceptors (Lipinski definition) is 3. The molecule has 0 saturated heterocycles. The number of rotatable bonds is 3. The van der Waals surface area contributed by atoms with Gasteiger partial charge in [0.2, 0.25) is 7.14 Å². The van der Waals surface area contributed by atoms with E-state index < -0.39 is 7.14 Å². The van der Waals surface area contributed by atoms with Gasteiger partial charge in [-0.2, -0.15) is 0 Å². The van der Waals surface area contributed by atoms with Gasteiger partial charge in [0, 0.05) is 23.0 Å². The number of hydrogen-bond donors (Lipinski definition) is 0. The first-order chi connectivity index (χ1) is 9.82. The Morgan fingerprint density at radius 2 is 1.10 bits per heavy atom. The van der Waals surface area contributed by atoms with Crippen molar-refractivity contribution in [2.24, 2.45) is 0 Å². The number of aromatic nitrogens is 2. The Bertz CT molecular complexity index is 627. The maximum absolute atomic E-state index is 13.7. The van der Waals surface area contributed by atoms with Crippen LogP contribution in [-0.2, 0) is 4.57 Å². The molecule has 3 nitrogen and oxygen atoms in total. The lowest BCUT2D eigenvalue weighted by Gasteiger charge is -2.17. The molecule has 0 radical (unpaired) electrons. The summed E-state index contributed by atoms with van der Waals surface area (Å²) in [6.45, 7) is 0. The molecule has 0 atom stereocenters. The average Bonchev–Trinajstić information content (AvgIpc) is 2.56. The molecule has 0 aliphatic carbocycles. The first-order valence-corrected chi connectivity index (χ1v) is 8.01. The maximum atomic E-state index is 13.7. The first kappa shape index (κ1) is 12.8. The van der Waals surface area contributed by atoms with Crippen molar-refractivity contribution in [2.75, 3.05) is 0 Å². The minimum Gasteiger partial charge on any atom is -0.305 e. The van der Waals surface area contributed by atoms with Crippen molar-refractivity contribution in [3.63, 3.8) is 0 Å². The van der Waals surface area contributed by atoms with Crippen LogP contribution in [0.1, 0.15) is 0 Å².